The largest absolute Gasteiger partial charge is 0.383 e. The van der Waals surface area contributed by atoms with Crippen molar-refractivity contribution in [3.05, 3.63) is 40.6 Å². The van der Waals surface area contributed by atoms with Crippen molar-refractivity contribution >= 4 is 54.6 Å². The Morgan fingerprint density at radius 1 is 1.08 bits per heavy atom. The molecule has 2 aromatic rings. The molecule has 0 fully saturated rings. The second-order valence-electron chi connectivity index (χ2n) is 5.21. The van der Waals surface area contributed by atoms with Gasteiger partial charge >= 0.3 is 0 Å². The molecule has 142 valence electrons. The molecule has 2 rings (SSSR count). The first-order chi connectivity index (χ1) is 12.0. The van der Waals surface area contributed by atoms with E-state index in [2.05, 4.69) is 15.0 Å². The van der Waals surface area contributed by atoms with E-state index in [-0.39, 0.29) is 25.8 Å². The molecule has 4 N–H and O–H groups in total. The van der Waals surface area contributed by atoms with Crippen LogP contribution in [0.4, 0.5) is 11.4 Å². The van der Waals surface area contributed by atoms with E-state index >= 15 is 0 Å². The molecule has 0 saturated heterocycles. The third-order valence-corrected chi connectivity index (χ3v) is 6.12. The summed E-state index contributed by atoms with van der Waals surface area (Å²) >= 11 is 11.5. The summed E-state index contributed by atoms with van der Waals surface area (Å²) in [5.74, 6) is 0. The second-order valence-corrected chi connectivity index (χ2v) is 9.17. The molecule has 0 radical (unpaired) electrons. The summed E-state index contributed by atoms with van der Waals surface area (Å²) in [5.41, 5.74) is 0.400. The van der Waals surface area contributed by atoms with Crippen LogP contribution in [-0.2, 0) is 20.0 Å². The van der Waals surface area contributed by atoms with Gasteiger partial charge in [-0.15, -0.1) is 0 Å². The normalized spacial score (nSPS) is 12.0. The van der Waals surface area contributed by atoms with Crippen molar-refractivity contribution in [1.82, 2.24) is 4.98 Å². The highest BCUT2D eigenvalue weighted by molar-refractivity contribution is 7.93. The predicted octanol–water partition coefficient (Wildman–Crippen LogP) is 2.66. The van der Waals surface area contributed by atoms with Gasteiger partial charge in [-0.25, -0.2) is 27.0 Å². The van der Waals surface area contributed by atoms with Crippen molar-refractivity contribution in [2.24, 2.45) is 5.14 Å². The van der Waals surface area contributed by atoms with E-state index in [1.807, 2.05) is 6.92 Å². The summed E-state index contributed by atoms with van der Waals surface area (Å²) in [6.45, 7) is 2.47. The molecule has 0 aliphatic carbocycles. The summed E-state index contributed by atoms with van der Waals surface area (Å²) in [4.78, 5) is 3.15. The third-order valence-electron chi connectivity index (χ3n) is 3.20. The fourth-order valence-corrected chi connectivity index (χ4v) is 4.27. The highest BCUT2D eigenvalue weighted by Gasteiger charge is 2.22. The minimum Gasteiger partial charge on any atom is -0.383 e. The van der Waals surface area contributed by atoms with Gasteiger partial charge in [-0.1, -0.05) is 30.1 Å². The van der Waals surface area contributed by atoms with E-state index in [4.69, 9.17) is 28.3 Å². The first-order valence-corrected chi connectivity index (χ1v) is 11.1. The molecule has 0 aliphatic heterocycles. The lowest BCUT2D eigenvalue weighted by atomic mass is 10.2. The first kappa shape index (κ1) is 20.7. The standard InChI is InChI=1S/C14H16Cl2N4O4S2/c1-2-7-18-10-4-3-9(25(17,21)22)8-11(10)20-26(23,24)12-5-6-13(15)19-14(12)16/h3-6,8,18,20H,2,7H2,1H3,(H2,17,21,22). The lowest BCUT2D eigenvalue weighted by Crippen LogP contribution is -2.17. The zero-order valence-electron chi connectivity index (χ0n) is 13.5. The molecular weight excluding hydrogens is 423 g/mol. The smallest absolute Gasteiger partial charge is 0.265 e. The lowest BCUT2D eigenvalue weighted by Gasteiger charge is -2.15. The zero-order valence-corrected chi connectivity index (χ0v) is 16.7. The number of benzene rings is 1. The van der Waals surface area contributed by atoms with Crippen LogP contribution in [0.5, 0.6) is 0 Å². The van der Waals surface area contributed by atoms with Gasteiger partial charge in [0.15, 0.2) is 5.15 Å². The summed E-state index contributed by atoms with van der Waals surface area (Å²) in [6.07, 6.45) is 0.774. The van der Waals surface area contributed by atoms with E-state index in [1.165, 1.54) is 24.3 Å². The second kappa shape index (κ2) is 7.97. The molecule has 0 spiro atoms. The quantitative estimate of drug-likeness (QED) is 0.569. The van der Waals surface area contributed by atoms with Crippen LogP contribution in [0.2, 0.25) is 10.3 Å². The Kier molecular flexibility index (Phi) is 6.35. The van der Waals surface area contributed by atoms with Gasteiger partial charge in [0.1, 0.15) is 10.0 Å². The maximum atomic E-state index is 12.6. The Hall–Kier alpha value is -1.59. The zero-order chi connectivity index (χ0) is 19.5. The number of anilines is 2. The Morgan fingerprint density at radius 2 is 1.77 bits per heavy atom. The molecule has 0 saturated carbocycles. The van der Waals surface area contributed by atoms with Crippen LogP contribution in [0, 0.1) is 0 Å². The van der Waals surface area contributed by atoms with Crippen LogP contribution in [0.25, 0.3) is 0 Å². The fourth-order valence-electron chi connectivity index (χ4n) is 2.00. The van der Waals surface area contributed by atoms with Gasteiger partial charge < -0.3 is 5.32 Å². The van der Waals surface area contributed by atoms with Crippen LogP contribution in [0.1, 0.15) is 13.3 Å². The van der Waals surface area contributed by atoms with Crippen LogP contribution in [-0.4, -0.2) is 28.4 Å². The van der Waals surface area contributed by atoms with E-state index in [0.29, 0.717) is 12.2 Å². The average Bonchev–Trinajstić information content (AvgIpc) is 2.52. The SMILES string of the molecule is CCCNc1ccc(S(N)(=O)=O)cc1NS(=O)(=O)c1ccc(Cl)nc1Cl. The van der Waals surface area contributed by atoms with Crippen molar-refractivity contribution in [3.63, 3.8) is 0 Å². The number of nitrogens with one attached hydrogen (secondary N) is 2. The van der Waals surface area contributed by atoms with Crippen LogP contribution in [0.15, 0.2) is 40.1 Å². The van der Waals surface area contributed by atoms with Crippen LogP contribution in [0.3, 0.4) is 0 Å². The van der Waals surface area contributed by atoms with Crippen molar-refractivity contribution < 1.29 is 16.8 Å². The molecule has 0 atom stereocenters. The Balaban J connectivity index is 2.51. The Morgan fingerprint density at radius 3 is 2.35 bits per heavy atom. The molecule has 1 aromatic carbocycles. The molecule has 0 bridgehead atoms. The molecule has 1 aromatic heterocycles. The van der Waals surface area contributed by atoms with E-state index < -0.39 is 20.0 Å². The fraction of sp³-hybridized carbons (Fsp3) is 0.214. The summed E-state index contributed by atoms with van der Waals surface area (Å²) in [5, 5.41) is 7.86. The maximum absolute atomic E-state index is 12.6. The lowest BCUT2D eigenvalue weighted by molar-refractivity contribution is 0.596. The molecule has 12 heteroatoms. The van der Waals surface area contributed by atoms with Crippen LogP contribution >= 0.6 is 23.2 Å². The van der Waals surface area contributed by atoms with Gasteiger partial charge in [0.05, 0.1) is 16.3 Å². The van der Waals surface area contributed by atoms with Gasteiger partial charge in [-0.3, -0.25) is 4.72 Å². The minimum absolute atomic E-state index is 0.0102. The number of halogens is 2. The van der Waals surface area contributed by atoms with Gasteiger partial charge in [0, 0.05) is 6.54 Å². The van der Waals surface area contributed by atoms with Gasteiger partial charge in [-0.05, 0) is 36.8 Å². The van der Waals surface area contributed by atoms with Crippen molar-refractivity contribution in [2.45, 2.75) is 23.1 Å². The number of rotatable bonds is 7. The minimum atomic E-state index is -4.15. The number of nitrogens with two attached hydrogens (primary N) is 1. The molecular formula is C14H16Cl2N4O4S2. The number of primary sulfonamides is 1. The molecule has 8 nitrogen and oxygen atoms in total. The first-order valence-electron chi connectivity index (χ1n) is 7.30. The summed E-state index contributed by atoms with van der Waals surface area (Å²) in [7, 11) is -8.16. The maximum Gasteiger partial charge on any atom is 0.265 e. The van der Waals surface area contributed by atoms with Gasteiger partial charge in [0.2, 0.25) is 10.0 Å². The summed E-state index contributed by atoms with van der Waals surface area (Å²) in [6, 6.07) is 6.31. The average molecular weight is 439 g/mol. The topological polar surface area (TPSA) is 131 Å². The highest BCUT2D eigenvalue weighted by Crippen LogP contribution is 2.29. The summed E-state index contributed by atoms with van der Waals surface area (Å²) < 4.78 is 50.7. The van der Waals surface area contributed by atoms with Crippen molar-refractivity contribution in [1.29, 1.82) is 0 Å². The number of hydrogen-bond acceptors (Lipinski definition) is 6. The number of pyridine rings is 1. The number of aromatic nitrogens is 1. The van der Waals surface area contributed by atoms with E-state index in [9.17, 15) is 16.8 Å². The van der Waals surface area contributed by atoms with E-state index in [1.54, 1.807) is 0 Å². The molecule has 1 heterocycles. The van der Waals surface area contributed by atoms with Crippen molar-refractivity contribution in [3.8, 4) is 0 Å². The number of nitrogens with zero attached hydrogens (tertiary/aromatic N) is 1. The third kappa shape index (κ3) is 4.98. The van der Waals surface area contributed by atoms with Gasteiger partial charge in [-0.2, -0.15) is 0 Å². The molecule has 0 aliphatic rings. The van der Waals surface area contributed by atoms with Gasteiger partial charge in [0.25, 0.3) is 10.0 Å². The number of sulfonamides is 2. The molecule has 0 amide bonds. The van der Waals surface area contributed by atoms with Crippen molar-refractivity contribution in [2.75, 3.05) is 16.6 Å². The Bertz CT molecular complexity index is 1030. The Labute approximate surface area is 161 Å². The monoisotopic (exact) mass is 438 g/mol. The predicted molar refractivity (Wildman–Crippen MR) is 102 cm³/mol. The van der Waals surface area contributed by atoms with E-state index in [0.717, 1.165) is 12.5 Å². The highest BCUT2D eigenvalue weighted by atomic mass is 35.5. The molecule has 0 unspecified atom stereocenters. The molecule has 26 heavy (non-hydrogen) atoms. The number of hydrogen-bond donors (Lipinski definition) is 3. The van der Waals surface area contributed by atoms with Crippen LogP contribution < -0.4 is 15.2 Å².